The highest BCUT2D eigenvalue weighted by molar-refractivity contribution is 7.58. The van der Waals surface area contributed by atoms with Crippen LogP contribution in [0.5, 0.6) is 0 Å². The van der Waals surface area contributed by atoms with Gasteiger partial charge in [-0.2, -0.15) is 9.75 Å². The van der Waals surface area contributed by atoms with Crippen LogP contribution in [0.25, 0.3) is 17.1 Å². The van der Waals surface area contributed by atoms with Gasteiger partial charge in [-0.1, -0.05) is 109 Å². The molecule has 180 valence electrons. The second kappa shape index (κ2) is 11.4. The summed E-state index contributed by atoms with van der Waals surface area (Å²) in [6, 6.07) is 39.7. The van der Waals surface area contributed by atoms with Crippen molar-refractivity contribution in [2.45, 2.75) is 13.1 Å². The van der Waals surface area contributed by atoms with Crippen LogP contribution in [0.2, 0.25) is 0 Å². The Labute approximate surface area is 214 Å². The first-order valence-electron chi connectivity index (χ1n) is 11.6. The third kappa shape index (κ3) is 6.14. The Morgan fingerprint density at radius 3 is 1.69 bits per heavy atom. The summed E-state index contributed by atoms with van der Waals surface area (Å²) in [5.74, 6) is 0.753. The van der Waals surface area contributed by atoms with Crippen LogP contribution in [0.1, 0.15) is 11.1 Å². The predicted octanol–water partition coefficient (Wildman–Crippen LogP) is 6.19. The van der Waals surface area contributed by atoms with Crippen LogP contribution >= 0.6 is 19.1 Å². The fraction of sp³-hybridized carbons (Fsp3) is 0.0714. The summed E-state index contributed by atoms with van der Waals surface area (Å²) in [5.41, 5.74) is 3.98. The number of nitrogens with one attached hydrogen (secondary N) is 2. The number of hydrogen-bond donors (Lipinski definition) is 2. The first kappa shape index (κ1) is 24.1. The molecule has 2 N–H and O–H groups in total. The van der Waals surface area contributed by atoms with Crippen LogP contribution in [0, 0.1) is 0 Å². The van der Waals surface area contributed by atoms with Crippen LogP contribution in [-0.4, -0.2) is 8.94 Å². The molecule has 5 rings (SSSR count). The van der Waals surface area contributed by atoms with Gasteiger partial charge in [-0.25, -0.2) is 14.1 Å². The van der Waals surface area contributed by atoms with Crippen molar-refractivity contribution < 1.29 is 4.57 Å². The molecule has 1 heterocycles. The average molecular weight is 512 g/mol. The van der Waals surface area contributed by atoms with E-state index in [2.05, 4.69) is 14.9 Å². The second-order valence-electron chi connectivity index (χ2n) is 8.12. The summed E-state index contributed by atoms with van der Waals surface area (Å²) in [6.07, 6.45) is 0. The molecule has 8 heteroatoms. The molecular weight excluding hydrogens is 485 g/mol. The van der Waals surface area contributed by atoms with Crippen molar-refractivity contribution >= 4 is 19.1 Å². The summed E-state index contributed by atoms with van der Waals surface area (Å²) < 4.78 is 20.8. The normalized spacial score (nSPS) is 12.1. The Morgan fingerprint density at radius 1 is 0.694 bits per heavy atom. The molecule has 0 aliphatic carbocycles. The van der Waals surface area contributed by atoms with Gasteiger partial charge < -0.3 is 0 Å². The molecular formula is C28H26N5OPS. The van der Waals surface area contributed by atoms with E-state index in [-0.39, 0.29) is 0 Å². The van der Waals surface area contributed by atoms with Gasteiger partial charge in [0.1, 0.15) is 0 Å². The van der Waals surface area contributed by atoms with Crippen molar-refractivity contribution in [3.63, 3.8) is 0 Å². The van der Waals surface area contributed by atoms with Gasteiger partial charge >= 0.3 is 7.59 Å². The quantitative estimate of drug-likeness (QED) is 0.232. The first-order chi connectivity index (χ1) is 17.7. The van der Waals surface area contributed by atoms with Crippen LogP contribution in [0.3, 0.4) is 0 Å². The summed E-state index contributed by atoms with van der Waals surface area (Å²) in [7, 11) is -3.40. The number of aromatic nitrogens is 2. The lowest BCUT2D eigenvalue weighted by atomic mass is 10.2. The average Bonchev–Trinajstić information content (AvgIpc) is 3.36. The van der Waals surface area contributed by atoms with Crippen molar-refractivity contribution in [3.8, 4) is 17.1 Å². The lowest BCUT2D eigenvalue weighted by Crippen LogP contribution is -2.22. The maximum Gasteiger partial charge on any atom is 0.327 e. The van der Waals surface area contributed by atoms with Crippen molar-refractivity contribution in [3.05, 3.63) is 137 Å². The summed E-state index contributed by atoms with van der Waals surface area (Å²) in [4.78, 5) is 5.25. The molecule has 0 saturated heterocycles. The standard InChI is InChI=1S/C28H26N5OPS/c34-35(29-21-23-13-5-1-6-14-23,30-22-24-15-7-2-8-16-24)32-28-31-27(25-17-9-3-10-18-25)33(36-28)26-19-11-4-12-20-26/h1-20H,21-22H2,(H2,29,30,34)/b32-28+. The lowest BCUT2D eigenvalue weighted by Gasteiger charge is -2.16. The van der Waals surface area contributed by atoms with Gasteiger partial charge in [0, 0.05) is 18.7 Å². The molecule has 1 aromatic heterocycles. The molecule has 0 unspecified atom stereocenters. The van der Waals surface area contributed by atoms with E-state index in [1.807, 2.05) is 125 Å². The van der Waals surface area contributed by atoms with Crippen LogP contribution in [0.4, 0.5) is 0 Å². The van der Waals surface area contributed by atoms with Gasteiger partial charge in [-0.3, -0.25) is 4.57 Å². The molecule has 0 fully saturated rings. The van der Waals surface area contributed by atoms with E-state index in [0.29, 0.717) is 17.9 Å². The predicted molar refractivity (Wildman–Crippen MR) is 147 cm³/mol. The molecule has 5 aromatic rings. The van der Waals surface area contributed by atoms with E-state index < -0.39 is 7.59 Å². The van der Waals surface area contributed by atoms with Crippen molar-refractivity contribution in [2.75, 3.05) is 0 Å². The van der Waals surface area contributed by atoms with E-state index in [4.69, 9.17) is 4.98 Å². The molecule has 0 bridgehead atoms. The van der Waals surface area contributed by atoms with Crippen molar-refractivity contribution in [1.29, 1.82) is 0 Å². The van der Waals surface area contributed by atoms with E-state index in [9.17, 15) is 4.57 Å². The largest absolute Gasteiger partial charge is 0.327 e. The topological polar surface area (TPSA) is 71.3 Å². The minimum atomic E-state index is -3.40. The third-order valence-corrected chi connectivity index (χ3v) is 8.19. The molecule has 0 spiro atoms. The molecule has 0 atom stereocenters. The number of benzene rings is 4. The minimum absolute atomic E-state index is 0.416. The van der Waals surface area contributed by atoms with Gasteiger partial charge in [-0.15, -0.1) is 0 Å². The van der Waals surface area contributed by atoms with E-state index in [1.54, 1.807) is 0 Å². The molecule has 36 heavy (non-hydrogen) atoms. The molecule has 6 nitrogen and oxygen atoms in total. The van der Waals surface area contributed by atoms with Gasteiger partial charge in [0.05, 0.1) is 5.69 Å². The molecule has 0 aliphatic heterocycles. The van der Waals surface area contributed by atoms with Gasteiger partial charge in [0.15, 0.2) is 5.82 Å². The van der Waals surface area contributed by atoms with Gasteiger partial charge in [0.2, 0.25) is 4.80 Å². The zero-order valence-electron chi connectivity index (χ0n) is 19.6. The van der Waals surface area contributed by atoms with E-state index >= 15 is 0 Å². The van der Waals surface area contributed by atoms with Crippen LogP contribution in [-0.2, 0) is 17.7 Å². The zero-order chi connectivity index (χ0) is 24.6. The Hall–Kier alpha value is -3.61. The molecule has 0 amide bonds. The van der Waals surface area contributed by atoms with Crippen LogP contribution in [0.15, 0.2) is 126 Å². The summed E-state index contributed by atoms with van der Waals surface area (Å²) in [6.45, 7) is 0.831. The second-order valence-corrected chi connectivity index (χ2v) is 11.0. The fourth-order valence-electron chi connectivity index (χ4n) is 3.67. The van der Waals surface area contributed by atoms with Crippen LogP contribution < -0.4 is 15.0 Å². The number of para-hydroxylation sites is 1. The zero-order valence-corrected chi connectivity index (χ0v) is 21.3. The monoisotopic (exact) mass is 511 g/mol. The molecule has 0 aliphatic rings. The SMILES string of the molecule is O=P(/N=c1\nc(-c2ccccc2)n(-c2ccccc2)s1)(NCc1ccccc1)NCc1ccccc1. The fourth-order valence-corrected chi connectivity index (χ4v) is 6.24. The smallest absolute Gasteiger partial charge is 0.262 e. The van der Waals surface area contributed by atoms with Crippen molar-refractivity contribution in [2.24, 2.45) is 4.76 Å². The highest BCUT2D eigenvalue weighted by atomic mass is 32.1. The Morgan fingerprint density at radius 2 is 1.17 bits per heavy atom. The number of nitrogens with zero attached hydrogens (tertiary/aromatic N) is 3. The summed E-state index contributed by atoms with van der Waals surface area (Å²) >= 11 is 1.36. The minimum Gasteiger partial charge on any atom is -0.262 e. The molecule has 0 saturated carbocycles. The lowest BCUT2D eigenvalue weighted by molar-refractivity contribution is 0.551. The van der Waals surface area contributed by atoms with E-state index in [0.717, 1.165) is 28.2 Å². The number of rotatable bonds is 9. The maximum atomic E-state index is 14.1. The number of hydrogen-bond acceptors (Lipinski definition) is 3. The highest BCUT2D eigenvalue weighted by Crippen LogP contribution is 2.38. The highest BCUT2D eigenvalue weighted by Gasteiger charge is 2.21. The Kier molecular flexibility index (Phi) is 7.64. The Balaban J connectivity index is 1.53. The van der Waals surface area contributed by atoms with Gasteiger partial charge in [0.25, 0.3) is 0 Å². The Bertz CT molecular complexity index is 1400. The first-order valence-corrected chi connectivity index (χ1v) is 14.1. The van der Waals surface area contributed by atoms with Gasteiger partial charge in [-0.05, 0) is 34.8 Å². The van der Waals surface area contributed by atoms with Crippen molar-refractivity contribution in [1.82, 2.24) is 19.1 Å². The maximum absolute atomic E-state index is 14.1. The van der Waals surface area contributed by atoms with E-state index in [1.165, 1.54) is 11.5 Å². The molecule has 4 aromatic carbocycles. The summed E-state index contributed by atoms with van der Waals surface area (Å²) in [5, 5.41) is 6.35. The third-order valence-electron chi connectivity index (χ3n) is 5.50. The molecule has 0 radical (unpaired) electrons.